The van der Waals surface area contributed by atoms with Gasteiger partial charge >= 0.3 is 0 Å². The second-order valence-corrected chi connectivity index (χ2v) is 6.03. The predicted molar refractivity (Wildman–Crippen MR) is 76.8 cm³/mol. The Hall–Kier alpha value is -0.970. The van der Waals surface area contributed by atoms with E-state index >= 15 is 0 Å². The van der Waals surface area contributed by atoms with Crippen LogP contribution in [0.1, 0.15) is 30.8 Å². The summed E-state index contributed by atoms with van der Waals surface area (Å²) in [5.41, 5.74) is 6.97. The topological polar surface area (TPSA) is 42.2 Å². The van der Waals surface area contributed by atoms with E-state index in [4.69, 9.17) is 10.7 Å². The minimum absolute atomic E-state index is 0.387. The Bertz CT molecular complexity index is 504. The zero-order valence-corrected chi connectivity index (χ0v) is 11.5. The van der Waals surface area contributed by atoms with Crippen LogP contribution in [-0.2, 0) is 0 Å². The van der Waals surface area contributed by atoms with Crippen molar-refractivity contribution in [2.24, 2.45) is 5.73 Å². The molecule has 1 saturated heterocycles. The van der Waals surface area contributed by atoms with Gasteiger partial charge in [0.25, 0.3) is 0 Å². The molecule has 1 fully saturated rings. The molecule has 1 aromatic carbocycles. The number of nitrogens with zero attached hydrogens (tertiary/aromatic N) is 2. The van der Waals surface area contributed by atoms with Crippen molar-refractivity contribution in [1.82, 2.24) is 9.88 Å². The molecule has 2 atom stereocenters. The molecule has 3 rings (SSSR count). The zero-order chi connectivity index (χ0) is 12.5. The van der Waals surface area contributed by atoms with Gasteiger partial charge in [-0.25, -0.2) is 4.98 Å². The summed E-state index contributed by atoms with van der Waals surface area (Å²) in [6, 6.07) is 9.29. The van der Waals surface area contributed by atoms with Crippen LogP contribution in [-0.4, -0.2) is 29.0 Å². The first kappa shape index (κ1) is 12.1. The average Bonchev–Trinajstić information content (AvgIpc) is 3.03. The Labute approximate surface area is 112 Å². The maximum absolute atomic E-state index is 5.86. The molecule has 0 spiro atoms. The average molecular weight is 261 g/mol. The van der Waals surface area contributed by atoms with Crippen LogP contribution >= 0.6 is 11.3 Å². The first-order chi connectivity index (χ1) is 8.79. The van der Waals surface area contributed by atoms with E-state index < -0.39 is 0 Å². The molecule has 0 radical (unpaired) electrons. The van der Waals surface area contributed by atoms with Crippen LogP contribution in [0.15, 0.2) is 24.3 Å². The number of hydrogen-bond donors (Lipinski definition) is 1. The van der Waals surface area contributed by atoms with Crippen LogP contribution in [0.25, 0.3) is 10.2 Å². The van der Waals surface area contributed by atoms with Gasteiger partial charge < -0.3 is 5.73 Å². The van der Waals surface area contributed by atoms with Crippen LogP contribution in [0.5, 0.6) is 0 Å². The number of hydrogen-bond acceptors (Lipinski definition) is 4. The lowest BCUT2D eigenvalue weighted by Crippen LogP contribution is -2.37. The monoisotopic (exact) mass is 261 g/mol. The largest absolute Gasteiger partial charge is 0.329 e. The van der Waals surface area contributed by atoms with Gasteiger partial charge in [0.05, 0.1) is 16.3 Å². The number of thiazole rings is 1. The van der Waals surface area contributed by atoms with Gasteiger partial charge in [0.2, 0.25) is 0 Å². The third-order valence-corrected chi connectivity index (χ3v) is 5.07. The number of rotatable bonds is 3. The van der Waals surface area contributed by atoms with Crippen molar-refractivity contribution < 1.29 is 0 Å². The molecule has 0 bridgehead atoms. The Balaban J connectivity index is 1.89. The first-order valence-electron chi connectivity index (χ1n) is 6.61. The highest BCUT2D eigenvalue weighted by Crippen LogP contribution is 2.33. The second-order valence-electron chi connectivity index (χ2n) is 4.97. The molecule has 1 aliphatic heterocycles. The molecule has 2 unspecified atom stereocenters. The van der Waals surface area contributed by atoms with Gasteiger partial charge in [0.1, 0.15) is 5.01 Å². The van der Waals surface area contributed by atoms with Crippen LogP contribution in [0.4, 0.5) is 0 Å². The minimum Gasteiger partial charge on any atom is -0.329 e. The van der Waals surface area contributed by atoms with Gasteiger partial charge in [-0.2, -0.15) is 0 Å². The molecule has 4 heteroatoms. The number of para-hydroxylation sites is 1. The van der Waals surface area contributed by atoms with E-state index in [1.807, 2.05) is 11.3 Å². The third-order valence-electron chi connectivity index (χ3n) is 3.86. The van der Waals surface area contributed by atoms with Gasteiger partial charge in [-0.05, 0) is 38.4 Å². The second kappa shape index (κ2) is 4.96. The molecular formula is C14H19N3S. The highest BCUT2D eigenvalue weighted by molar-refractivity contribution is 7.18. The fourth-order valence-corrected chi connectivity index (χ4v) is 3.87. The summed E-state index contributed by atoms with van der Waals surface area (Å²) in [5.74, 6) is 0. The summed E-state index contributed by atoms with van der Waals surface area (Å²) in [6.45, 7) is 4.17. The van der Waals surface area contributed by atoms with Gasteiger partial charge in [-0.1, -0.05) is 12.1 Å². The van der Waals surface area contributed by atoms with Gasteiger partial charge in [0, 0.05) is 12.6 Å². The van der Waals surface area contributed by atoms with Crippen molar-refractivity contribution in [3.8, 4) is 0 Å². The van der Waals surface area contributed by atoms with Crippen molar-refractivity contribution in [3.05, 3.63) is 29.3 Å². The van der Waals surface area contributed by atoms with E-state index in [1.165, 1.54) is 22.5 Å². The molecular weight excluding hydrogens is 242 g/mol. The van der Waals surface area contributed by atoms with Crippen LogP contribution in [0, 0.1) is 0 Å². The van der Waals surface area contributed by atoms with Crippen molar-refractivity contribution in [1.29, 1.82) is 0 Å². The van der Waals surface area contributed by atoms with Gasteiger partial charge in [-0.3, -0.25) is 4.90 Å². The lowest BCUT2D eigenvalue weighted by Gasteiger charge is -2.28. The summed E-state index contributed by atoms with van der Waals surface area (Å²) in [6.07, 6.45) is 2.49. The lowest BCUT2D eigenvalue weighted by molar-refractivity contribution is 0.197. The molecule has 3 nitrogen and oxygen atoms in total. The Kier molecular flexibility index (Phi) is 3.33. The first-order valence-corrected chi connectivity index (χ1v) is 7.42. The number of benzene rings is 1. The summed E-state index contributed by atoms with van der Waals surface area (Å²) >= 11 is 1.81. The molecule has 18 heavy (non-hydrogen) atoms. The van der Waals surface area contributed by atoms with E-state index in [0.29, 0.717) is 12.1 Å². The SMILES string of the molecule is CC(c1nc2ccccc2s1)N1CCCC1CN. The maximum Gasteiger partial charge on any atom is 0.111 e. The molecule has 2 N–H and O–H groups in total. The fourth-order valence-electron chi connectivity index (χ4n) is 2.83. The van der Waals surface area contributed by atoms with E-state index in [2.05, 4.69) is 36.1 Å². The van der Waals surface area contributed by atoms with Crippen molar-refractivity contribution in [2.75, 3.05) is 13.1 Å². The Morgan fingerprint density at radius 1 is 1.50 bits per heavy atom. The van der Waals surface area contributed by atoms with E-state index in [-0.39, 0.29) is 0 Å². The van der Waals surface area contributed by atoms with Gasteiger partial charge in [0.15, 0.2) is 0 Å². The third kappa shape index (κ3) is 2.05. The maximum atomic E-state index is 5.86. The smallest absolute Gasteiger partial charge is 0.111 e. The zero-order valence-electron chi connectivity index (χ0n) is 10.7. The molecule has 0 aliphatic carbocycles. The molecule has 2 heterocycles. The number of likely N-dealkylation sites (tertiary alicyclic amines) is 1. The number of fused-ring (bicyclic) bond motifs is 1. The summed E-state index contributed by atoms with van der Waals surface area (Å²) in [5, 5.41) is 1.22. The van der Waals surface area contributed by atoms with Gasteiger partial charge in [-0.15, -0.1) is 11.3 Å². The van der Waals surface area contributed by atoms with Crippen molar-refractivity contribution in [3.63, 3.8) is 0 Å². The highest BCUT2D eigenvalue weighted by atomic mass is 32.1. The molecule has 1 aromatic heterocycles. The number of aromatic nitrogens is 1. The number of nitrogens with two attached hydrogens (primary N) is 1. The minimum atomic E-state index is 0.387. The van der Waals surface area contributed by atoms with Crippen LogP contribution in [0.2, 0.25) is 0 Å². The molecule has 1 aliphatic rings. The van der Waals surface area contributed by atoms with Crippen molar-refractivity contribution >= 4 is 21.6 Å². The standard InChI is InChI=1S/C14H19N3S/c1-10(17-8-4-5-11(17)9-15)14-16-12-6-2-3-7-13(12)18-14/h2-3,6-7,10-11H,4-5,8-9,15H2,1H3. The Morgan fingerprint density at radius 3 is 3.11 bits per heavy atom. The highest BCUT2D eigenvalue weighted by Gasteiger charge is 2.29. The molecule has 0 amide bonds. The normalized spacial score (nSPS) is 22.7. The van der Waals surface area contributed by atoms with Crippen molar-refractivity contribution in [2.45, 2.75) is 31.8 Å². The van der Waals surface area contributed by atoms with Crippen LogP contribution in [0.3, 0.4) is 0 Å². The molecule has 96 valence electrons. The van der Waals surface area contributed by atoms with E-state index in [9.17, 15) is 0 Å². The van der Waals surface area contributed by atoms with Crippen LogP contribution < -0.4 is 5.73 Å². The summed E-state index contributed by atoms with van der Waals surface area (Å²) < 4.78 is 1.28. The van der Waals surface area contributed by atoms with E-state index in [0.717, 1.165) is 18.6 Å². The summed E-state index contributed by atoms with van der Waals surface area (Å²) in [7, 11) is 0. The quantitative estimate of drug-likeness (QED) is 0.924. The Morgan fingerprint density at radius 2 is 2.33 bits per heavy atom. The summed E-state index contributed by atoms with van der Waals surface area (Å²) in [4.78, 5) is 7.27. The fraction of sp³-hybridized carbons (Fsp3) is 0.500. The molecule has 0 saturated carbocycles. The molecule has 2 aromatic rings. The van der Waals surface area contributed by atoms with E-state index in [1.54, 1.807) is 0 Å². The lowest BCUT2D eigenvalue weighted by atomic mass is 10.2. The predicted octanol–water partition coefficient (Wildman–Crippen LogP) is 2.78.